The van der Waals surface area contributed by atoms with Crippen molar-refractivity contribution in [3.05, 3.63) is 66.9 Å². The highest BCUT2D eigenvalue weighted by Crippen LogP contribution is 2.37. The van der Waals surface area contributed by atoms with E-state index in [-0.39, 0.29) is 18.3 Å². The van der Waals surface area contributed by atoms with Gasteiger partial charge in [-0.2, -0.15) is 0 Å². The molecule has 3 aliphatic rings. The first-order chi connectivity index (χ1) is 13.4. The Kier molecular flexibility index (Phi) is 3.70. The van der Waals surface area contributed by atoms with Crippen molar-refractivity contribution in [2.24, 2.45) is 0 Å². The van der Waals surface area contributed by atoms with E-state index in [0.29, 0.717) is 0 Å². The SMILES string of the molecule is CC1(C)OB(c2cccc(-n3cccc4c5ccccc5nc3-4)c2)OC1(C)C. The normalized spacial score (nSPS) is 18.2. The molecule has 0 N–H and O–H groups in total. The fourth-order valence-electron chi connectivity index (χ4n) is 3.75. The van der Waals surface area contributed by atoms with E-state index in [4.69, 9.17) is 14.3 Å². The molecule has 0 amide bonds. The van der Waals surface area contributed by atoms with Crippen molar-refractivity contribution < 1.29 is 9.31 Å². The summed E-state index contributed by atoms with van der Waals surface area (Å²) >= 11 is 0. The Balaban J connectivity index is 1.59. The maximum Gasteiger partial charge on any atom is 0.494 e. The highest BCUT2D eigenvalue weighted by atomic mass is 16.7. The third-order valence-electron chi connectivity index (χ3n) is 6.06. The molecule has 0 saturated carbocycles. The third-order valence-corrected chi connectivity index (χ3v) is 6.06. The van der Waals surface area contributed by atoms with Crippen LogP contribution in [0.3, 0.4) is 0 Å². The highest BCUT2D eigenvalue weighted by Gasteiger charge is 2.51. The molecule has 2 aromatic rings. The minimum Gasteiger partial charge on any atom is -0.399 e. The summed E-state index contributed by atoms with van der Waals surface area (Å²) in [6, 6.07) is 20.8. The van der Waals surface area contributed by atoms with Crippen LogP contribution in [-0.4, -0.2) is 27.9 Å². The third kappa shape index (κ3) is 2.58. The monoisotopic (exact) mass is 370 g/mol. The predicted octanol–water partition coefficient (Wildman–Crippen LogP) is 4.43. The Morgan fingerprint density at radius 2 is 1.61 bits per heavy atom. The van der Waals surface area contributed by atoms with E-state index in [2.05, 4.69) is 87.0 Å². The van der Waals surface area contributed by atoms with Gasteiger partial charge in [0.15, 0.2) is 0 Å². The molecular formula is C23H23BN2O2. The lowest BCUT2D eigenvalue weighted by molar-refractivity contribution is 0.00578. The Morgan fingerprint density at radius 1 is 0.857 bits per heavy atom. The Morgan fingerprint density at radius 3 is 2.39 bits per heavy atom. The van der Waals surface area contributed by atoms with Crippen LogP contribution in [0.5, 0.6) is 0 Å². The minimum absolute atomic E-state index is 0.355. The number of para-hydroxylation sites is 1. The van der Waals surface area contributed by atoms with Crippen LogP contribution in [0.25, 0.3) is 28.0 Å². The lowest BCUT2D eigenvalue weighted by atomic mass is 9.79. The van der Waals surface area contributed by atoms with E-state index in [1.807, 2.05) is 12.1 Å². The quantitative estimate of drug-likeness (QED) is 0.490. The van der Waals surface area contributed by atoms with Crippen molar-refractivity contribution in [3.63, 3.8) is 0 Å². The molecule has 0 bridgehead atoms. The Bertz CT molecular complexity index is 1130. The number of aromatic nitrogens is 2. The van der Waals surface area contributed by atoms with E-state index < -0.39 is 0 Å². The van der Waals surface area contributed by atoms with Crippen molar-refractivity contribution >= 4 is 23.5 Å². The van der Waals surface area contributed by atoms with Gasteiger partial charge in [0.2, 0.25) is 0 Å². The van der Waals surface area contributed by atoms with Crippen molar-refractivity contribution in [3.8, 4) is 17.1 Å². The van der Waals surface area contributed by atoms with Crippen molar-refractivity contribution in [2.45, 2.75) is 38.9 Å². The lowest BCUT2D eigenvalue weighted by Crippen LogP contribution is -2.41. The molecule has 1 saturated heterocycles. The Hall–Kier alpha value is -2.63. The maximum atomic E-state index is 6.23. The van der Waals surface area contributed by atoms with Gasteiger partial charge in [-0.1, -0.05) is 30.3 Å². The second kappa shape index (κ2) is 5.93. The zero-order chi connectivity index (χ0) is 19.5. The second-order valence-electron chi connectivity index (χ2n) is 8.43. The molecule has 1 fully saturated rings. The predicted molar refractivity (Wildman–Crippen MR) is 113 cm³/mol. The van der Waals surface area contributed by atoms with Gasteiger partial charge in [0.25, 0.3) is 0 Å². The van der Waals surface area contributed by atoms with E-state index in [9.17, 15) is 0 Å². The van der Waals surface area contributed by atoms with E-state index >= 15 is 0 Å². The van der Waals surface area contributed by atoms with E-state index in [1.54, 1.807) is 0 Å². The van der Waals surface area contributed by atoms with Crippen LogP contribution in [0.15, 0.2) is 66.9 Å². The molecule has 140 valence electrons. The molecule has 2 aromatic carbocycles. The van der Waals surface area contributed by atoms with Gasteiger partial charge in [-0.25, -0.2) is 4.98 Å². The number of hydrogen-bond acceptors (Lipinski definition) is 3. The van der Waals surface area contributed by atoms with Crippen molar-refractivity contribution in [1.29, 1.82) is 0 Å². The molecule has 4 nitrogen and oxygen atoms in total. The lowest BCUT2D eigenvalue weighted by Gasteiger charge is -2.32. The summed E-state index contributed by atoms with van der Waals surface area (Å²) in [7, 11) is -0.378. The zero-order valence-electron chi connectivity index (χ0n) is 16.6. The second-order valence-corrected chi connectivity index (χ2v) is 8.43. The first-order valence-corrected chi connectivity index (χ1v) is 9.68. The van der Waals surface area contributed by atoms with Gasteiger partial charge in [0, 0.05) is 22.8 Å². The van der Waals surface area contributed by atoms with Crippen molar-refractivity contribution in [1.82, 2.24) is 9.55 Å². The molecule has 5 rings (SSSR count). The molecule has 0 spiro atoms. The molecule has 3 heterocycles. The molecule has 3 aliphatic heterocycles. The van der Waals surface area contributed by atoms with E-state index in [1.165, 1.54) is 5.39 Å². The van der Waals surface area contributed by atoms with Crippen LogP contribution < -0.4 is 5.46 Å². The molecule has 0 aromatic heterocycles. The van der Waals surface area contributed by atoms with Crippen LogP contribution in [0.2, 0.25) is 0 Å². The number of rotatable bonds is 2. The average Bonchev–Trinajstić information content (AvgIpc) is 3.15. The average molecular weight is 370 g/mol. The summed E-state index contributed by atoms with van der Waals surface area (Å²) in [5.74, 6) is 0.953. The number of hydrogen-bond donors (Lipinski definition) is 0. The van der Waals surface area contributed by atoms with Crippen molar-refractivity contribution in [2.75, 3.05) is 0 Å². The number of pyridine rings is 1. The number of benzene rings is 2. The van der Waals surface area contributed by atoms with Crippen LogP contribution in [0.4, 0.5) is 0 Å². The summed E-state index contributed by atoms with van der Waals surface area (Å²) in [5.41, 5.74) is 3.51. The summed E-state index contributed by atoms with van der Waals surface area (Å²) in [6.45, 7) is 8.30. The first kappa shape index (κ1) is 17.5. The first-order valence-electron chi connectivity index (χ1n) is 9.68. The summed E-state index contributed by atoms with van der Waals surface area (Å²) in [5, 5.41) is 1.17. The maximum absolute atomic E-state index is 6.23. The van der Waals surface area contributed by atoms with Crippen LogP contribution in [0.1, 0.15) is 27.7 Å². The van der Waals surface area contributed by atoms with Gasteiger partial charge in [0.1, 0.15) is 5.82 Å². The van der Waals surface area contributed by atoms with Gasteiger partial charge in [-0.3, -0.25) is 0 Å². The molecule has 0 unspecified atom stereocenters. The minimum atomic E-state index is -0.378. The largest absolute Gasteiger partial charge is 0.494 e. The van der Waals surface area contributed by atoms with Gasteiger partial charge in [-0.15, -0.1) is 0 Å². The standard InChI is InChI=1S/C23H23BN2O2/c1-22(2)23(3,4)28-24(27-22)16-9-7-10-17(15-16)26-14-8-12-19-18-11-5-6-13-20(18)25-21(19)26/h5-15H,1-4H3. The fourth-order valence-corrected chi connectivity index (χ4v) is 3.75. The molecule has 0 radical (unpaired) electrons. The van der Waals surface area contributed by atoms with Gasteiger partial charge < -0.3 is 13.9 Å². The van der Waals surface area contributed by atoms with Crippen LogP contribution >= 0.6 is 0 Å². The molecule has 28 heavy (non-hydrogen) atoms. The number of nitrogens with zero attached hydrogens (tertiary/aromatic N) is 2. The number of fused-ring (bicyclic) bond motifs is 3. The molecule has 0 atom stereocenters. The smallest absolute Gasteiger partial charge is 0.399 e. The topological polar surface area (TPSA) is 36.3 Å². The van der Waals surface area contributed by atoms with Gasteiger partial charge in [0.05, 0.1) is 16.7 Å². The van der Waals surface area contributed by atoms with E-state index in [0.717, 1.165) is 28.1 Å². The summed E-state index contributed by atoms with van der Waals surface area (Å²) < 4.78 is 14.6. The molecule has 5 heteroatoms. The molecule has 0 aliphatic carbocycles. The van der Waals surface area contributed by atoms with Gasteiger partial charge in [-0.05, 0) is 63.5 Å². The molecular weight excluding hydrogens is 347 g/mol. The zero-order valence-corrected chi connectivity index (χ0v) is 16.6. The summed E-state index contributed by atoms with van der Waals surface area (Å²) in [6.07, 6.45) is 2.05. The fraction of sp³-hybridized carbons (Fsp3) is 0.261. The van der Waals surface area contributed by atoms with Crippen LogP contribution in [0, 0.1) is 0 Å². The Labute approximate surface area is 165 Å². The van der Waals surface area contributed by atoms with Gasteiger partial charge >= 0.3 is 7.12 Å². The van der Waals surface area contributed by atoms with Crippen LogP contribution in [-0.2, 0) is 9.31 Å². The summed E-state index contributed by atoms with van der Waals surface area (Å²) in [4.78, 5) is 4.87. The highest BCUT2D eigenvalue weighted by molar-refractivity contribution is 6.62.